The van der Waals surface area contributed by atoms with Crippen LogP contribution in [0, 0.1) is 0 Å². The fraction of sp³-hybridized carbons (Fsp3) is 0. The van der Waals surface area contributed by atoms with E-state index < -0.39 is 0 Å². The summed E-state index contributed by atoms with van der Waals surface area (Å²) in [5.74, 6) is 0. The summed E-state index contributed by atoms with van der Waals surface area (Å²) < 4.78 is 8.06. The van der Waals surface area contributed by atoms with Crippen LogP contribution >= 0.6 is 0 Å². The van der Waals surface area contributed by atoms with Crippen LogP contribution < -0.4 is 0 Å². The molecule has 0 saturated carbocycles. The summed E-state index contributed by atoms with van der Waals surface area (Å²) in [6.07, 6.45) is 0. The first-order chi connectivity index (χ1) is 1.00. The quantitative estimate of drug-likeness (QED) is 0.562. The molecular weight excluding hydrogens is 340 g/mol. The second kappa shape index (κ2) is 19.9. The van der Waals surface area contributed by atoms with Gasteiger partial charge in [-0.25, -0.2) is 0 Å². The van der Waals surface area contributed by atoms with Gasteiger partial charge in [0.15, 0.2) is 0 Å². The van der Waals surface area contributed by atoms with Crippen LogP contribution in [-0.4, -0.2) is 0 Å². The molecule has 39 valence electrons. The van der Waals surface area contributed by atoms with Gasteiger partial charge in [0.2, 0.25) is 0 Å². The van der Waals surface area contributed by atoms with E-state index in [4.69, 9.17) is 3.25 Å². The molecule has 0 aliphatic carbocycles. The number of hydrogen-bond acceptors (Lipinski definition) is 1. The average Bonchev–Trinajstić information content (AvgIpc) is 1.00. The Labute approximate surface area is 68.2 Å². The second-order valence-corrected chi connectivity index (χ2v) is 0. The molecule has 4 heteroatoms. The van der Waals surface area contributed by atoms with Crippen molar-refractivity contribution in [2.45, 2.75) is 0 Å². The summed E-state index contributed by atoms with van der Waals surface area (Å²) in [6.45, 7) is 0. The minimum atomic E-state index is 0. The summed E-state index contributed by atoms with van der Waals surface area (Å²) in [7, 11) is 0. The van der Waals surface area contributed by atoms with E-state index >= 15 is 0 Å². The molecule has 0 fully saturated rings. The summed E-state index contributed by atoms with van der Waals surface area (Å²) in [5, 5.41) is 0. The van der Waals surface area contributed by atoms with Gasteiger partial charge in [0.1, 0.15) is 0 Å². The summed E-state index contributed by atoms with van der Waals surface area (Å²) >= 11 is 1.70. The van der Waals surface area contributed by atoms with Crippen molar-refractivity contribution >= 4 is 0 Å². The van der Waals surface area contributed by atoms with Crippen LogP contribution in [0.5, 0.6) is 0 Å². The Morgan fingerprint density at radius 2 is 1.00 bits per heavy atom. The van der Waals surface area contributed by atoms with Crippen molar-refractivity contribution in [1.82, 2.24) is 0 Å². The topological polar surface area (TPSA) is 17.1 Å². The van der Waals surface area contributed by atoms with E-state index in [2.05, 4.69) is 0 Å². The van der Waals surface area contributed by atoms with Gasteiger partial charge in [-0.2, -0.15) is 0 Å². The average molecular weight is 340 g/mol. The van der Waals surface area contributed by atoms with Crippen LogP contribution in [0.4, 0.5) is 0 Å². The molecule has 0 saturated heterocycles. The normalized spacial score (nSPS) is 1.50. The Balaban J connectivity index is -0.00000000500. The Morgan fingerprint density at radius 1 is 1.00 bits per heavy atom. The number of hydrogen-bond donors (Lipinski definition) is 0. The molecule has 0 amide bonds. The van der Waals surface area contributed by atoms with Gasteiger partial charge in [0.25, 0.3) is 0 Å². The van der Waals surface area contributed by atoms with Gasteiger partial charge in [-0.15, -0.1) is 0 Å². The van der Waals surface area contributed by atoms with Gasteiger partial charge in [-0.3, -0.25) is 0 Å². The van der Waals surface area contributed by atoms with Crippen molar-refractivity contribution in [3.05, 3.63) is 0 Å². The van der Waals surface area contributed by atoms with E-state index in [0.717, 1.165) is 0 Å². The van der Waals surface area contributed by atoms with Crippen LogP contribution in [0.3, 0.4) is 0 Å². The first kappa shape index (κ1) is 16.6. The molecule has 0 atom stereocenters. The van der Waals surface area contributed by atoms with E-state index in [1.807, 2.05) is 0 Å². The second-order valence-electron chi connectivity index (χ2n) is 0. The van der Waals surface area contributed by atoms with Crippen molar-refractivity contribution in [2.75, 3.05) is 0 Å². The molecule has 2 radical (unpaired) electrons. The first-order valence-electron chi connectivity index (χ1n) is 0.123. The zero-order valence-corrected chi connectivity index (χ0v) is 5.76. The fourth-order valence-electron chi connectivity index (χ4n) is 0. The van der Waals surface area contributed by atoms with Crippen molar-refractivity contribution < 1.29 is 69.1 Å². The summed E-state index contributed by atoms with van der Waals surface area (Å²) in [4.78, 5) is 0. The maximum absolute atomic E-state index is 8.06. The molecule has 0 aromatic rings. The van der Waals surface area contributed by atoms with Crippen LogP contribution in [0.15, 0.2) is 0 Å². The third-order valence-corrected chi connectivity index (χ3v) is 0. The monoisotopic (exact) mass is 337 g/mol. The van der Waals surface area contributed by atoms with Crippen LogP contribution in [0.2, 0.25) is 0 Å². The van der Waals surface area contributed by atoms with Gasteiger partial charge < -0.3 is 0 Å². The van der Waals surface area contributed by atoms with E-state index in [0.29, 0.717) is 0 Å². The molecule has 0 unspecified atom stereocenters. The molecule has 0 aliphatic heterocycles. The minimum absolute atomic E-state index is 0. The Kier molecular flexibility index (Phi) is 82.7. The summed E-state index contributed by atoms with van der Waals surface area (Å²) in [6, 6.07) is 0. The zero-order chi connectivity index (χ0) is 2.00. The van der Waals surface area contributed by atoms with Gasteiger partial charge in [-0.1, -0.05) is 0 Å². The van der Waals surface area contributed by atoms with Crippen molar-refractivity contribution in [3.63, 3.8) is 0 Å². The summed E-state index contributed by atoms with van der Waals surface area (Å²) in [5.41, 5.74) is 0. The molecule has 0 rings (SSSR count). The number of rotatable bonds is 0. The molecule has 0 spiro atoms. The maximum atomic E-state index is 8.06. The van der Waals surface area contributed by atoms with Gasteiger partial charge >= 0.3 is 24.3 Å². The standard InChI is InChI=1S/3Ag.O. The predicted octanol–water partition coefficient (Wildman–Crippen LogP) is -0.126. The van der Waals surface area contributed by atoms with Gasteiger partial charge in [0, 0.05) is 44.8 Å². The molecular formula is Ag3O. The Morgan fingerprint density at radius 3 is 1.00 bits per heavy atom. The van der Waals surface area contributed by atoms with Crippen molar-refractivity contribution in [2.24, 2.45) is 0 Å². The molecule has 0 aromatic carbocycles. The van der Waals surface area contributed by atoms with E-state index in [1.54, 1.807) is 21.0 Å². The SMILES string of the molecule is [Ag].[Ag].[O]=[Ag]. The van der Waals surface area contributed by atoms with Crippen LogP contribution in [0.1, 0.15) is 0 Å². The van der Waals surface area contributed by atoms with Gasteiger partial charge in [-0.05, 0) is 0 Å². The van der Waals surface area contributed by atoms with E-state index in [-0.39, 0.29) is 44.8 Å². The molecule has 0 heterocycles. The van der Waals surface area contributed by atoms with Crippen molar-refractivity contribution in [3.8, 4) is 0 Å². The molecule has 4 heavy (non-hydrogen) atoms. The molecule has 1 nitrogen and oxygen atoms in total. The van der Waals surface area contributed by atoms with E-state index in [1.165, 1.54) is 0 Å². The molecule has 0 bridgehead atoms. The molecule has 0 aromatic heterocycles. The van der Waals surface area contributed by atoms with E-state index in [9.17, 15) is 0 Å². The zero-order valence-electron chi connectivity index (χ0n) is 1.31. The third-order valence-electron chi connectivity index (χ3n) is 0. The fourth-order valence-corrected chi connectivity index (χ4v) is 0. The Hall–Kier alpha value is 2.02. The third kappa shape index (κ3) is 8.98. The van der Waals surface area contributed by atoms with Crippen molar-refractivity contribution in [1.29, 1.82) is 0 Å². The predicted molar refractivity (Wildman–Crippen MR) is 0.686 cm³/mol. The first-order valence-corrected chi connectivity index (χ1v) is 0.728. The Bertz CT molecular complexity index is 3.25. The molecule has 0 N–H and O–H groups in total. The molecule has 0 aliphatic rings. The van der Waals surface area contributed by atoms with Crippen LogP contribution in [0.25, 0.3) is 0 Å². The van der Waals surface area contributed by atoms with Gasteiger partial charge in [0.05, 0.1) is 0 Å². The van der Waals surface area contributed by atoms with Crippen LogP contribution in [-0.2, 0) is 69.1 Å².